The smallest absolute Gasteiger partial charge is 0.256 e. The summed E-state index contributed by atoms with van der Waals surface area (Å²) in [4.78, 5) is 12.3. The Labute approximate surface area is 123 Å². The van der Waals surface area contributed by atoms with Gasteiger partial charge >= 0.3 is 0 Å². The first-order chi connectivity index (χ1) is 10.2. The quantitative estimate of drug-likeness (QED) is 0.735. The highest BCUT2D eigenvalue weighted by atomic mass is 16.5. The predicted octanol–water partition coefficient (Wildman–Crippen LogP) is 2.15. The van der Waals surface area contributed by atoms with E-state index in [1.165, 1.54) is 13.2 Å². The molecular formula is C16H18N2O3. The minimum absolute atomic E-state index is 0.0426. The van der Waals surface area contributed by atoms with Crippen molar-refractivity contribution in [2.45, 2.75) is 6.42 Å². The van der Waals surface area contributed by atoms with E-state index >= 15 is 0 Å². The van der Waals surface area contributed by atoms with Crippen molar-refractivity contribution in [3.05, 3.63) is 53.6 Å². The molecule has 0 aliphatic heterocycles. The van der Waals surface area contributed by atoms with Crippen LogP contribution in [0.1, 0.15) is 15.9 Å². The Morgan fingerprint density at radius 1 is 1.29 bits per heavy atom. The summed E-state index contributed by atoms with van der Waals surface area (Å²) >= 11 is 0. The van der Waals surface area contributed by atoms with Gasteiger partial charge in [-0.25, -0.2) is 0 Å². The van der Waals surface area contributed by atoms with Gasteiger partial charge in [0.05, 0.1) is 12.8 Å². The van der Waals surface area contributed by atoms with Gasteiger partial charge in [-0.2, -0.15) is 0 Å². The molecule has 0 aliphatic carbocycles. The Hall–Kier alpha value is -2.53. The van der Waals surface area contributed by atoms with Crippen LogP contribution in [0.3, 0.4) is 0 Å². The topological polar surface area (TPSA) is 84.6 Å². The molecule has 2 aromatic rings. The monoisotopic (exact) mass is 286 g/mol. The normalized spacial score (nSPS) is 10.2. The van der Waals surface area contributed by atoms with Crippen LogP contribution < -0.4 is 15.8 Å². The maximum Gasteiger partial charge on any atom is 0.256 e. The van der Waals surface area contributed by atoms with Crippen LogP contribution in [0, 0.1) is 0 Å². The molecule has 0 bridgehead atoms. The zero-order valence-corrected chi connectivity index (χ0v) is 11.8. The predicted molar refractivity (Wildman–Crippen MR) is 81.8 cm³/mol. The van der Waals surface area contributed by atoms with E-state index in [2.05, 4.69) is 5.32 Å². The lowest BCUT2D eigenvalue weighted by Crippen LogP contribution is -2.16. The van der Waals surface area contributed by atoms with Crippen molar-refractivity contribution < 1.29 is 14.6 Å². The molecule has 5 nitrogen and oxygen atoms in total. The number of phenols is 1. The largest absolute Gasteiger partial charge is 0.506 e. The molecule has 0 aromatic heterocycles. The fourth-order valence-corrected chi connectivity index (χ4v) is 2.05. The molecule has 2 aromatic carbocycles. The lowest BCUT2D eigenvalue weighted by atomic mass is 10.0. The highest BCUT2D eigenvalue weighted by Gasteiger charge is 2.12. The molecule has 110 valence electrons. The number of hydrogen-bond acceptors (Lipinski definition) is 4. The first-order valence-corrected chi connectivity index (χ1v) is 6.62. The zero-order valence-electron chi connectivity index (χ0n) is 11.8. The number of methoxy groups -OCH3 is 1. The summed E-state index contributed by atoms with van der Waals surface area (Å²) in [6.45, 7) is 0.470. The molecule has 21 heavy (non-hydrogen) atoms. The summed E-state index contributed by atoms with van der Waals surface area (Å²) in [5, 5.41) is 12.6. The van der Waals surface area contributed by atoms with Crippen molar-refractivity contribution in [2.75, 3.05) is 19.0 Å². The van der Waals surface area contributed by atoms with Crippen molar-refractivity contribution in [2.24, 2.45) is 5.73 Å². The van der Waals surface area contributed by atoms with Gasteiger partial charge in [-0.3, -0.25) is 4.79 Å². The summed E-state index contributed by atoms with van der Waals surface area (Å²) in [5.41, 5.74) is 7.32. The van der Waals surface area contributed by atoms with E-state index in [1.807, 2.05) is 12.1 Å². The molecule has 4 N–H and O–H groups in total. The van der Waals surface area contributed by atoms with Crippen LogP contribution in [0.4, 0.5) is 5.69 Å². The van der Waals surface area contributed by atoms with Crippen LogP contribution in [0.25, 0.3) is 0 Å². The van der Waals surface area contributed by atoms with E-state index < -0.39 is 0 Å². The third-order valence-electron chi connectivity index (χ3n) is 3.13. The van der Waals surface area contributed by atoms with E-state index in [-0.39, 0.29) is 11.7 Å². The molecule has 2 rings (SSSR count). The lowest BCUT2D eigenvalue weighted by Gasteiger charge is -2.11. The molecule has 0 aliphatic rings. The summed E-state index contributed by atoms with van der Waals surface area (Å²) in [6.07, 6.45) is 0.623. The Bertz CT molecular complexity index is 641. The van der Waals surface area contributed by atoms with Gasteiger partial charge in [-0.1, -0.05) is 18.2 Å². The first kappa shape index (κ1) is 14.9. The fraction of sp³-hybridized carbons (Fsp3) is 0.188. The average molecular weight is 286 g/mol. The molecule has 0 unspecified atom stereocenters. The summed E-state index contributed by atoms with van der Waals surface area (Å²) in [7, 11) is 1.51. The molecule has 0 saturated heterocycles. The number of rotatable bonds is 5. The number of amides is 1. The number of hydrogen-bond donors (Lipinski definition) is 3. The Balaban J connectivity index is 2.22. The minimum Gasteiger partial charge on any atom is -0.506 e. The van der Waals surface area contributed by atoms with Crippen molar-refractivity contribution in [1.29, 1.82) is 0 Å². The van der Waals surface area contributed by atoms with Gasteiger partial charge in [0.15, 0.2) is 0 Å². The Kier molecular flexibility index (Phi) is 4.79. The van der Waals surface area contributed by atoms with Crippen molar-refractivity contribution in [3.63, 3.8) is 0 Å². The number of ether oxygens (including phenoxy) is 1. The van der Waals surface area contributed by atoms with Gasteiger partial charge in [0.1, 0.15) is 11.5 Å². The third-order valence-corrected chi connectivity index (χ3v) is 3.13. The number of carbonyl (C=O) groups excluding carboxylic acids is 1. The van der Waals surface area contributed by atoms with Gasteiger partial charge < -0.3 is 20.9 Å². The number of benzene rings is 2. The molecule has 1 amide bonds. The number of nitrogens with two attached hydrogens (primary N) is 1. The van der Waals surface area contributed by atoms with E-state index in [9.17, 15) is 9.90 Å². The number of nitrogens with one attached hydrogen (secondary N) is 1. The summed E-state index contributed by atoms with van der Waals surface area (Å²) in [5.74, 6) is 0.201. The van der Waals surface area contributed by atoms with E-state index in [0.717, 1.165) is 5.56 Å². The van der Waals surface area contributed by atoms with Gasteiger partial charge in [-0.05, 0) is 36.7 Å². The Morgan fingerprint density at radius 2 is 2.05 bits per heavy atom. The van der Waals surface area contributed by atoms with Gasteiger partial charge in [0, 0.05) is 11.6 Å². The highest BCUT2D eigenvalue weighted by Crippen LogP contribution is 2.28. The van der Waals surface area contributed by atoms with Crippen LogP contribution in [0.15, 0.2) is 42.5 Å². The third kappa shape index (κ3) is 3.52. The van der Waals surface area contributed by atoms with Crippen LogP contribution in [-0.4, -0.2) is 24.7 Å². The second-order valence-electron chi connectivity index (χ2n) is 4.53. The maximum atomic E-state index is 12.3. The molecule has 0 spiro atoms. The first-order valence-electron chi connectivity index (χ1n) is 6.62. The van der Waals surface area contributed by atoms with E-state index in [1.54, 1.807) is 24.3 Å². The molecule has 0 radical (unpaired) electrons. The number of anilines is 1. The number of phenolic OH excluding ortho intramolecular Hbond substituents is 1. The second kappa shape index (κ2) is 6.76. The standard InChI is InChI=1S/C16H18N2O3/c1-21-12-6-7-14(15(19)10-12)18-16(20)13-5-3-2-4-11(13)8-9-17/h2-7,10,19H,8-9,17H2,1H3,(H,18,20). The summed E-state index contributed by atoms with van der Waals surface area (Å²) < 4.78 is 5.00. The average Bonchev–Trinajstić information content (AvgIpc) is 2.50. The minimum atomic E-state index is -0.278. The number of aromatic hydroxyl groups is 1. The van der Waals surface area contributed by atoms with Gasteiger partial charge in [0.25, 0.3) is 5.91 Å². The highest BCUT2D eigenvalue weighted by molar-refractivity contribution is 6.06. The molecule has 0 saturated carbocycles. The molecule has 0 fully saturated rings. The molecule has 5 heteroatoms. The SMILES string of the molecule is COc1ccc(NC(=O)c2ccccc2CCN)c(O)c1. The fourth-order valence-electron chi connectivity index (χ4n) is 2.05. The van der Waals surface area contributed by atoms with Crippen LogP contribution in [0.5, 0.6) is 11.5 Å². The second-order valence-corrected chi connectivity index (χ2v) is 4.53. The lowest BCUT2D eigenvalue weighted by molar-refractivity contribution is 0.102. The van der Waals surface area contributed by atoms with Crippen molar-refractivity contribution in [1.82, 2.24) is 0 Å². The summed E-state index contributed by atoms with van der Waals surface area (Å²) in [6, 6.07) is 12.0. The van der Waals surface area contributed by atoms with Gasteiger partial charge in [0.2, 0.25) is 0 Å². The zero-order chi connectivity index (χ0) is 15.2. The number of carbonyl (C=O) groups is 1. The molecular weight excluding hydrogens is 268 g/mol. The maximum absolute atomic E-state index is 12.3. The van der Waals surface area contributed by atoms with E-state index in [0.29, 0.717) is 30.0 Å². The molecule has 0 atom stereocenters. The van der Waals surface area contributed by atoms with Gasteiger partial charge in [-0.15, -0.1) is 0 Å². The van der Waals surface area contributed by atoms with Crippen LogP contribution in [0.2, 0.25) is 0 Å². The van der Waals surface area contributed by atoms with Crippen LogP contribution >= 0.6 is 0 Å². The van der Waals surface area contributed by atoms with Crippen molar-refractivity contribution >= 4 is 11.6 Å². The molecule has 0 heterocycles. The van der Waals surface area contributed by atoms with Crippen molar-refractivity contribution in [3.8, 4) is 11.5 Å². The Morgan fingerprint density at radius 3 is 2.71 bits per heavy atom. The van der Waals surface area contributed by atoms with Crippen LogP contribution in [-0.2, 0) is 6.42 Å². The van der Waals surface area contributed by atoms with E-state index in [4.69, 9.17) is 10.5 Å².